The van der Waals surface area contributed by atoms with Crippen molar-refractivity contribution >= 4 is 8.07 Å². The minimum Gasteiger partial charge on any atom is -0.0802 e. The Morgan fingerprint density at radius 3 is 2.50 bits per heavy atom. The summed E-state index contributed by atoms with van der Waals surface area (Å²) in [5.74, 6) is 0. The predicted molar refractivity (Wildman–Crippen MR) is 64.6 cm³/mol. The summed E-state index contributed by atoms with van der Waals surface area (Å²) < 4.78 is 0. The first-order valence-corrected chi connectivity index (χ1v) is 8.77. The van der Waals surface area contributed by atoms with Crippen molar-refractivity contribution in [1.82, 2.24) is 0 Å². The summed E-state index contributed by atoms with van der Waals surface area (Å²) in [5.41, 5.74) is 2.89. The van der Waals surface area contributed by atoms with Crippen LogP contribution in [0.1, 0.15) is 12.8 Å². The molecule has 2 aliphatic rings. The van der Waals surface area contributed by atoms with Crippen molar-refractivity contribution in [3.05, 3.63) is 46.7 Å². The third kappa shape index (κ3) is 1.69. The fraction of sp³-hybridized carbons (Fsp3) is 0.385. The molecular formula is C13H17Si. The second-order valence-corrected chi connectivity index (χ2v) is 9.98. The summed E-state index contributed by atoms with van der Waals surface area (Å²) >= 11 is 0. The largest absolute Gasteiger partial charge is 0.0802 e. The van der Waals surface area contributed by atoms with Gasteiger partial charge in [-0.1, -0.05) is 49.1 Å². The van der Waals surface area contributed by atoms with Gasteiger partial charge in [0.1, 0.15) is 0 Å². The Labute approximate surface area is 87.7 Å². The maximum absolute atomic E-state index is 3.43. The topological polar surface area (TPSA) is 0 Å². The fourth-order valence-electron chi connectivity index (χ4n) is 2.07. The number of rotatable bonds is 2. The molecule has 0 unspecified atom stereocenters. The summed E-state index contributed by atoms with van der Waals surface area (Å²) in [6, 6.07) is 0. The van der Waals surface area contributed by atoms with Gasteiger partial charge in [0, 0.05) is 0 Å². The standard InChI is InChI=1S/C13H17Si/c1-14(2,3)13-10-6-9-12(13)11-7-4-5-8-11/h4,6-7,10H,5,9H2,1-3H3. The molecule has 0 nitrogen and oxygen atoms in total. The Morgan fingerprint density at radius 2 is 1.93 bits per heavy atom. The summed E-state index contributed by atoms with van der Waals surface area (Å²) in [7, 11) is -1.16. The van der Waals surface area contributed by atoms with Crippen molar-refractivity contribution in [1.29, 1.82) is 0 Å². The van der Waals surface area contributed by atoms with E-state index in [2.05, 4.69) is 50.0 Å². The zero-order valence-electron chi connectivity index (χ0n) is 9.22. The summed E-state index contributed by atoms with van der Waals surface area (Å²) in [4.78, 5) is 0. The molecule has 14 heavy (non-hydrogen) atoms. The van der Waals surface area contributed by atoms with Crippen molar-refractivity contribution in [2.75, 3.05) is 0 Å². The molecule has 0 bridgehead atoms. The SMILES string of the molecule is C[Si](C)(C)C1=C(C2=[C]CC=C2)CC=C1. The Hall–Kier alpha value is -0.823. The van der Waals surface area contributed by atoms with Gasteiger partial charge in [-0.05, 0) is 30.1 Å². The molecule has 2 rings (SSSR count). The van der Waals surface area contributed by atoms with E-state index in [4.69, 9.17) is 0 Å². The highest BCUT2D eigenvalue weighted by Crippen LogP contribution is 2.33. The van der Waals surface area contributed by atoms with Crippen LogP contribution in [0.15, 0.2) is 40.6 Å². The molecule has 1 heteroatoms. The predicted octanol–water partition coefficient (Wildman–Crippen LogP) is 3.81. The molecule has 0 fully saturated rings. The van der Waals surface area contributed by atoms with Crippen molar-refractivity contribution in [3.8, 4) is 0 Å². The number of allylic oxidation sites excluding steroid dienone is 8. The Balaban J connectivity index is 2.39. The molecule has 0 aromatic rings. The maximum Gasteiger partial charge on any atom is 0.0779 e. The molecule has 0 heterocycles. The van der Waals surface area contributed by atoms with E-state index in [-0.39, 0.29) is 0 Å². The van der Waals surface area contributed by atoms with Gasteiger partial charge in [-0.2, -0.15) is 0 Å². The molecule has 2 aliphatic carbocycles. The van der Waals surface area contributed by atoms with Crippen molar-refractivity contribution in [2.24, 2.45) is 0 Å². The van der Waals surface area contributed by atoms with Crippen molar-refractivity contribution in [2.45, 2.75) is 32.5 Å². The molecule has 0 amide bonds. The Kier molecular flexibility index (Phi) is 2.36. The first-order chi connectivity index (χ1) is 6.59. The summed E-state index contributed by atoms with van der Waals surface area (Å²) in [6.07, 6.45) is 14.6. The van der Waals surface area contributed by atoms with Gasteiger partial charge >= 0.3 is 0 Å². The van der Waals surface area contributed by atoms with Crippen LogP contribution in [-0.4, -0.2) is 8.07 Å². The first-order valence-electron chi connectivity index (χ1n) is 5.27. The highest BCUT2D eigenvalue weighted by atomic mass is 28.3. The minimum absolute atomic E-state index is 0.998. The van der Waals surface area contributed by atoms with E-state index in [1.165, 1.54) is 11.1 Å². The molecule has 0 spiro atoms. The van der Waals surface area contributed by atoms with Gasteiger partial charge in [0.05, 0.1) is 8.07 Å². The van der Waals surface area contributed by atoms with E-state index in [1.54, 1.807) is 5.20 Å². The van der Waals surface area contributed by atoms with E-state index in [0.29, 0.717) is 0 Å². The third-order valence-corrected chi connectivity index (χ3v) is 4.84. The van der Waals surface area contributed by atoms with Gasteiger partial charge in [-0.15, -0.1) is 0 Å². The Morgan fingerprint density at radius 1 is 1.14 bits per heavy atom. The molecule has 0 N–H and O–H groups in total. The van der Waals surface area contributed by atoms with E-state index in [9.17, 15) is 0 Å². The van der Waals surface area contributed by atoms with E-state index >= 15 is 0 Å². The number of hydrogen-bond acceptors (Lipinski definition) is 0. The minimum atomic E-state index is -1.16. The highest BCUT2D eigenvalue weighted by molar-refractivity contribution is 6.84. The molecule has 0 aliphatic heterocycles. The fourth-order valence-corrected chi connectivity index (χ4v) is 3.83. The van der Waals surface area contributed by atoms with Gasteiger partial charge < -0.3 is 0 Å². The lowest BCUT2D eigenvalue weighted by molar-refractivity contribution is 1.26. The van der Waals surface area contributed by atoms with Gasteiger partial charge in [0.2, 0.25) is 0 Å². The van der Waals surface area contributed by atoms with Crippen molar-refractivity contribution in [3.63, 3.8) is 0 Å². The summed E-state index contributed by atoms with van der Waals surface area (Å²) in [6.45, 7) is 7.24. The van der Waals surface area contributed by atoms with Crippen LogP contribution in [0.25, 0.3) is 0 Å². The van der Waals surface area contributed by atoms with Crippen LogP contribution < -0.4 is 0 Å². The van der Waals surface area contributed by atoms with Crippen LogP contribution in [0, 0.1) is 6.08 Å². The van der Waals surface area contributed by atoms with E-state index < -0.39 is 8.07 Å². The average molecular weight is 201 g/mol. The van der Waals surface area contributed by atoms with Gasteiger partial charge in [0.15, 0.2) is 0 Å². The van der Waals surface area contributed by atoms with Gasteiger partial charge in [-0.3, -0.25) is 0 Å². The lowest BCUT2D eigenvalue weighted by Crippen LogP contribution is -2.23. The quantitative estimate of drug-likeness (QED) is 0.596. The normalized spacial score (nSPS) is 20.9. The van der Waals surface area contributed by atoms with Crippen LogP contribution >= 0.6 is 0 Å². The van der Waals surface area contributed by atoms with Gasteiger partial charge in [0.25, 0.3) is 0 Å². The molecule has 0 aromatic heterocycles. The molecule has 0 atom stereocenters. The molecule has 0 saturated carbocycles. The maximum atomic E-state index is 3.43. The zero-order chi connectivity index (χ0) is 10.2. The molecular weight excluding hydrogens is 184 g/mol. The van der Waals surface area contributed by atoms with E-state index in [0.717, 1.165) is 12.8 Å². The monoisotopic (exact) mass is 201 g/mol. The molecule has 0 saturated heterocycles. The van der Waals surface area contributed by atoms with Crippen LogP contribution in [0.4, 0.5) is 0 Å². The molecule has 1 radical (unpaired) electrons. The van der Waals surface area contributed by atoms with Gasteiger partial charge in [-0.25, -0.2) is 0 Å². The third-order valence-electron chi connectivity index (χ3n) is 2.76. The molecule has 0 aromatic carbocycles. The average Bonchev–Trinajstić information content (AvgIpc) is 2.73. The second kappa shape index (κ2) is 3.39. The van der Waals surface area contributed by atoms with E-state index in [1.807, 2.05) is 0 Å². The lowest BCUT2D eigenvalue weighted by Gasteiger charge is -2.19. The van der Waals surface area contributed by atoms with Crippen LogP contribution in [-0.2, 0) is 0 Å². The summed E-state index contributed by atoms with van der Waals surface area (Å²) in [5, 5.41) is 1.62. The second-order valence-electron chi connectivity index (χ2n) is 4.95. The van der Waals surface area contributed by atoms with Crippen molar-refractivity contribution < 1.29 is 0 Å². The lowest BCUT2D eigenvalue weighted by atomic mass is 10.1. The van der Waals surface area contributed by atoms with Crippen LogP contribution in [0.2, 0.25) is 19.6 Å². The highest BCUT2D eigenvalue weighted by Gasteiger charge is 2.24. The Bertz CT molecular complexity index is 359. The zero-order valence-corrected chi connectivity index (χ0v) is 10.2. The number of hydrogen-bond donors (Lipinski definition) is 0. The first kappa shape index (κ1) is 9.72. The van der Waals surface area contributed by atoms with Crippen LogP contribution in [0.3, 0.4) is 0 Å². The van der Waals surface area contributed by atoms with Crippen LogP contribution in [0.5, 0.6) is 0 Å². The molecule has 73 valence electrons. The smallest absolute Gasteiger partial charge is 0.0779 e.